The molecule has 25 heavy (non-hydrogen) atoms. The minimum Gasteiger partial charge on any atom is -0.286 e. The third kappa shape index (κ3) is 5.36. The van der Waals surface area contributed by atoms with E-state index in [1.165, 1.54) is 0 Å². The number of amides is 2. The van der Waals surface area contributed by atoms with Crippen LogP contribution in [-0.4, -0.2) is 39.1 Å². The van der Waals surface area contributed by atoms with Crippen molar-refractivity contribution >= 4 is 18.3 Å². The van der Waals surface area contributed by atoms with Gasteiger partial charge in [0.15, 0.2) is 0 Å². The van der Waals surface area contributed by atoms with Crippen molar-refractivity contribution in [2.24, 2.45) is 17.7 Å². The maximum absolute atomic E-state index is 12.7. The van der Waals surface area contributed by atoms with Crippen LogP contribution >= 0.6 is 0 Å². The molecule has 1 heterocycles. The van der Waals surface area contributed by atoms with E-state index in [1.807, 2.05) is 0 Å². The minimum absolute atomic E-state index is 0.138. The van der Waals surface area contributed by atoms with Crippen LogP contribution in [-0.2, 0) is 15.8 Å². The topological polar surface area (TPSA) is 113 Å². The van der Waals surface area contributed by atoms with Crippen LogP contribution < -0.4 is 10.9 Å². The van der Waals surface area contributed by atoms with Gasteiger partial charge in [0.2, 0.25) is 18.3 Å². The Morgan fingerprint density at radius 1 is 1.48 bits per heavy atom. The van der Waals surface area contributed by atoms with E-state index < -0.39 is 29.6 Å². The van der Waals surface area contributed by atoms with Crippen LogP contribution in [0.25, 0.3) is 0 Å². The number of rotatable bonds is 8. The molecule has 0 spiro atoms. The highest BCUT2D eigenvalue weighted by Crippen LogP contribution is 2.35. The van der Waals surface area contributed by atoms with Crippen LogP contribution in [0.5, 0.6) is 0 Å². The Labute approximate surface area is 141 Å². The van der Waals surface area contributed by atoms with E-state index in [2.05, 4.69) is 9.97 Å². The number of nitrogens with zero attached hydrogens (tertiary/aromatic N) is 4. The second-order valence-corrected chi connectivity index (χ2v) is 5.89. The van der Waals surface area contributed by atoms with Crippen molar-refractivity contribution in [1.29, 1.82) is 0 Å². The molecule has 3 N–H and O–H groups in total. The highest BCUT2D eigenvalue weighted by Gasteiger charge is 2.34. The number of hydrazine groups is 1. The minimum atomic E-state index is -4.70. The molecular weight excluding hydrogens is 343 g/mol. The van der Waals surface area contributed by atoms with Gasteiger partial charge in [0.25, 0.3) is 0 Å². The Morgan fingerprint density at radius 2 is 2.16 bits per heavy atom. The molecule has 1 atom stereocenters. The molecule has 0 radical (unpaired) electrons. The predicted octanol–water partition coefficient (Wildman–Crippen LogP) is 1.36. The number of carbonyl (C=O) groups excluding carboxylic acids is 2. The lowest BCUT2D eigenvalue weighted by molar-refractivity contribution is -0.154. The van der Waals surface area contributed by atoms with E-state index in [-0.39, 0.29) is 13.0 Å². The third-order valence-electron chi connectivity index (χ3n) is 3.88. The lowest BCUT2D eigenvalue weighted by Gasteiger charge is -2.23. The molecular formula is C14H18F3N5O3. The second-order valence-electron chi connectivity index (χ2n) is 5.89. The van der Waals surface area contributed by atoms with E-state index in [9.17, 15) is 28.0 Å². The summed E-state index contributed by atoms with van der Waals surface area (Å²) in [6.07, 6.45) is -0.602. The molecule has 1 saturated carbocycles. The number of alkyl halides is 3. The van der Waals surface area contributed by atoms with Gasteiger partial charge in [-0.3, -0.25) is 14.8 Å². The fourth-order valence-electron chi connectivity index (χ4n) is 2.32. The van der Waals surface area contributed by atoms with Crippen molar-refractivity contribution in [1.82, 2.24) is 15.0 Å². The maximum atomic E-state index is 12.7. The molecule has 8 nitrogen and oxygen atoms in total. The zero-order chi connectivity index (χ0) is 18.6. The molecule has 0 aromatic carbocycles. The summed E-state index contributed by atoms with van der Waals surface area (Å²) in [6, 6.07) is 0.661. The number of hydrogen-bond donors (Lipinski definition) is 2. The van der Waals surface area contributed by atoms with Crippen LogP contribution in [0.3, 0.4) is 0 Å². The van der Waals surface area contributed by atoms with Crippen LogP contribution in [0, 0.1) is 11.8 Å². The average Bonchev–Trinajstić information content (AvgIpc) is 3.40. The van der Waals surface area contributed by atoms with Crippen LogP contribution in [0.1, 0.15) is 31.4 Å². The standard InChI is InChI=1S/C14H18F3N5O3/c15-14(16,17)11-5-6-19-13(20-11)22(18)12(24)10(7-21(25)8-23)4-3-9-1-2-9/h5-6,8-10,25H,1-4,7,18H2/t10-/m1/s1. The van der Waals surface area contributed by atoms with E-state index in [0.717, 1.165) is 19.0 Å². The number of carbonyl (C=O) groups is 2. The fraction of sp³-hybridized carbons (Fsp3) is 0.571. The van der Waals surface area contributed by atoms with Gasteiger partial charge in [-0.1, -0.05) is 12.8 Å². The first-order chi connectivity index (χ1) is 11.7. The van der Waals surface area contributed by atoms with Gasteiger partial charge in [-0.15, -0.1) is 0 Å². The molecule has 1 aliphatic rings. The number of hydrogen-bond acceptors (Lipinski definition) is 6. The largest absolute Gasteiger partial charge is 0.433 e. The lowest BCUT2D eigenvalue weighted by atomic mass is 10.00. The highest BCUT2D eigenvalue weighted by atomic mass is 19.4. The van der Waals surface area contributed by atoms with Gasteiger partial charge in [0.05, 0.1) is 12.5 Å². The molecule has 2 rings (SSSR count). The fourth-order valence-corrected chi connectivity index (χ4v) is 2.32. The normalized spacial score (nSPS) is 15.6. The molecule has 0 saturated heterocycles. The summed E-state index contributed by atoms with van der Waals surface area (Å²) in [5, 5.41) is 10.1. The quantitative estimate of drug-likeness (QED) is 0.238. The van der Waals surface area contributed by atoms with E-state index in [1.54, 1.807) is 0 Å². The van der Waals surface area contributed by atoms with Gasteiger partial charge in [0, 0.05) is 6.20 Å². The van der Waals surface area contributed by atoms with Gasteiger partial charge in [-0.25, -0.2) is 25.9 Å². The monoisotopic (exact) mass is 361 g/mol. The molecule has 2 amide bonds. The summed E-state index contributed by atoms with van der Waals surface area (Å²) in [7, 11) is 0. The Morgan fingerprint density at radius 3 is 2.72 bits per heavy atom. The number of nitrogens with two attached hydrogens (primary N) is 1. The summed E-state index contributed by atoms with van der Waals surface area (Å²) in [4.78, 5) is 29.9. The summed E-state index contributed by atoms with van der Waals surface area (Å²) in [5.41, 5.74) is -1.23. The predicted molar refractivity (Wildman–Crippen MR) is 78.7 cm³/mol. The summed E-state index contributed by atoms with van der Waals surface area (Å²) < 4.78 is 38.1. The van der Waals surface area contributed by atoms with Crippen molar-refractivity contribution in [3.05, 3.63) is 18.0 Å². The molecule has 0 bridgehead atoms. The van der Waals surface area contributed by atoms with Crippen LogP contribution in [0.2, 0.25) is 0 Å². The summed E-state index contributed by atoms with van der Waals surface area (Å²) in [5.74, 6) is 3.82. The van der Waals surface area contributed by atoms with Gasteiger partial charge < -0.3 is 0 Å². The van der Waals surface area contributed by atoms with Gasteiger partial charge >= 0.3 is 6.18 Å². The second kappa shape index (κ2) is 7.74. The van der Waals surface area contributed by atoms with Crippen LogP contribution in [0.4, 0.5) is 19.1 Å². The zero-order valence-corrected chi connectivity index (χ0v) is 13.2. The van der Waals surface area contributed by atoms with E-state index in [0.29, 0.717) is 34.9 Å². The summed E-state index contributed by atoms with van der Waals surface area (Å²) in [6.45, 7) is -0.318. The smallest absolute Gasteiger partial charge is 0.286 e. The first-order valence-electron chi connectivity index (χ1n) is 7.62. The number of anilines is 1. The Kier molecular flexibility index (Phi) is 5.90. The molecule has 11 heteroatoms. The third-order valence-corrected chi connectivity index (χ3v) is 3.88. The van der Waals surface area contributed by atoms with E-state index >= 15 is 0 Å². The highest BCUT2D eigenvalue weighted by molar-refractivity contribution is 5.92. The molecule has 1 aromatic rings. The first kappa shape index (κ1) is 19.1. The van der Waals surface area contributed by atoms with Crippen molar-refractivity contribution in [3.8, 4) is 0 Å². The Balaban J connectivity index is 2.13. The molecule has 0 aliphatic heterocycles. The van der Waals surface area contributed by atoms with E-state index in [4.69, 9.17) is 5.84 Å². The summed E-state index contributed by atoms with van der Waals surface area (Å²) >= 11 is 0. The Hall–Kier alpha value is -2.27. The SMILES string of the molecule is NN(C(=O)[C@H](CCC1CC1)CN(O)C=O)c1nccc(C(F)(F)F)n1. The van der Waals surface area contributed by atoms with Crippen molar-refractivity contribution < 1.29 is 28.0 Å². The zero-order valence-electron chi connectivity index (χ0n) is 13.2. The van der Waals surface area contributed by atoms with Crippen LogP contribution in [0.15, 0.2) is 12.3 Å². The Bertz CT molecular complexity index is 624. The molecule has 1 aliphatic carbocycles. The maximum Gasteiger partial charge on any atom is 0.433 e. The molecule has 138 valence electrons. The average molecular weight is 361 g/mol. The lowest BCUT2D eigenvalue weighted by Crippen LogP contribution is -2.46. The number of hydroxylamine groups is 2. The van der Waals surface area contributed by atoms with Gasteiger partial charge in [-0.2, -0.15) is 13.2 Å². The van der Waals surface area contributed by atoms with Crippen molar-refractivity contribution in [2.45, 2.75) is 31.9 Å². The molecule has 0 unspecified atom stereocenters. The van der Waals surface area contributed by atoms with Crippen molar-refractivity contribution in [2.75, 3.05) is 11.6 Å². The van der Waals surface area contributed by atoms with Gasteiger partial charge in [0.1, 0.15) is 5.69 Å². The number of halogens is 3. The van der Waals surface area contributed by atoms with Crippen molar-refractivity contribution in [3.63, 3.8) is 0 Å². The first-order valence-corrected chi connectivity index (χ1v) is 7.62. The molecule has 1 aromatic heterocycles. The number of aromatic nitrogens is 2. The van der Waals surface area contributed by atoms with Gasteiger partial charge in [-0.05, 0) is 24.8 Å². The molecule has 1 fully saturated rings.